The topological polar surface area (TPSA) is 383 Å². The van der Waals surface area contributed by atoms with Crippen LogP contribution in [0.25, 0.3) is 0 Å². The van der Waals surface area contributed by atoms with Crippen molar-refractivity contribution in [2.24, 2.45) is 21.7 Å². The molecule has 0 rings (SSSR count). The molecule has 0 spiro atoms. The minimum Gasteiger partial charge on any atom is -0.396 e. The molecule has 0 aliphatic heterocycles. The van der Waals surface area contributed by atoms with Crippen LogP contribution in [0.4, 0.5) is 0 Å². The maximum Gasteiger partial charge on any atom is 0.619 e. The van der Waals surface area contributed by atoms with Crippen LogP contribution >= 0.6 is 0 Å². The summed E-state index contributed by atoms with van der Waals surface area (Å²) in [7, 11) is 0. The first-order valence-electron chi connectivity index (χ1n) is 19.1. The fourth-order valence-electron chi connectivity index (χ4n) is 4.19. The first kappa shape index (κ1) is 56.4. The number of hydrogen-bond acceptors (Lipinski definition) is 20. The van der Waals surface area contributed by atoms with Gasteiger partial charge in [-0.3, -0.25) is 38.4 Å². The van der Waals surface area contributed by atoms with E-state index in [1.54, 1.807) is 0 Å². The molecule has 0 bridgehead atoms. The van der Waals surface area contributed by atoms with E-state index in [9.17, 15) is 79.2 Å². The molecule has 352 valence electrons. The van der Waals surface area contributed by atoms with E-state index in [4.69, 9.17) is 18.9 Å². The Bertz CT molecular complexity index is 1290. The van der Waals surface area contributed by atoms with Gasteiger partial charge in [0.1, 0.15) is 24.4 Å². The second-order valence-corrected chi connectivity index (χ2v) is 16.8. The van der Waals surface area contributed by atoms with Crippen LogP contribution in [0.2, 0.25) is 0 Å². The summed E-state index contributed by atoms with van der Waals surface area (Å²) >= 11 is 0. The molecule has 0 aromatic heterocycles. The molecule has 0 heterocycles. The third kappa shape index (κ3) is 18.9. The van der Waals surface area contributed by atoms with Gasteiger partial charge in [0.05, 0.1) is 52.1 Å². The smallest absolute Gasteiger partial charge is 0.396 e. The van der Waals surface area contributed by atoms with Gasteiger partial charge in [-0.1, -0.05) is 55.4 Å². The van der Waals surface area contributed by atoms with E-state index < -0.39 is 178 Å². The van der Waals surface area contributed by atoms with E-state index in [2.05, 4.69) is 21.3 Å². The zero-order valence-electron chi connectivity index (χ0n) is 35.8. The summed E-state index contributed by atoms with van der Waals surface area (Å²) in [5, 5.41) is 87.6. The Kier molecular flexibility index (Phi) is 22.9. The molecule has 4 atom stereocenters. The third-order valence-corrected chi connectivity index (χ3v) is 9.05. The zero-order chi connectivity index (χ0) is 47.6. The van der Waals surface area contributed by atoms with Crippen molar-refractivity contribution in [1.82, 2.24) is 21.3 Å². The summed E-state index contributed by atoms with van der Waals surface area (Å²) in [4.78, 5) is 102. The van der Waals surface area contributed by atoms with Crippen molar-refractivity contribution in [3.8, 4) is 0 Å². The second-order valence-electron chi connectivity index (χ2n) is 16.8. The van der Waals surface area contributed by atoms with Gasteiger partial charge in [0, 0.05) is 47.8 Å². The van der Waals surface area contributed by atoms with Crippen LogP contribution in [0.3, 0.4) is 0 Å². The fourth-order valence-corrected chi connectivity index (χ4v) is 4.19. The number of hydrogen-bond donors (Lipinski definition) is 12. The third-order valence-electron chi connectivity index (χ3n) is 9.05. The summed E-state index contributed by atoms with van der Waals surface area (Å²) in [6.07, 6.45) is -14.1. The van der Waals surface area contributed by atoms with Crippen LogP contribution in [0.1, 0.15) is 81.1 Å². The van der Waals surface area contributed by atoms with Gasteiger partial charge in [-0.05, 0) is 0 Å². The summed E-state index contributed by atoms with van der Waals surface area (Å²) in [6, 6.07) is 0. The molecule has 0 radical (unpaired) electrons. The van der Waals surface area contributed by atoms with E-state index in [1.807, 2.05) is 0 Å². The van der Waals surface area contributed by atoms with Crippen LogP contribution in [0, 0.1) is 21.7 Å². The molecule has 12 N–H and O–H groups in total. The van der Waals surface area contributed by atoms with Gasteiger partial charge in [0.2, 0.25) is 23.6 Å². The van der Waals surface area contributed by atoms with Crippen molar-refractivity contribution in [2.75, 3.05) is 52.6 Å². The molecular weight excluding hydrogens is 820 g/mol. The fraction of sp³-hybridized carbons (Fsp3) is 0.784. The van der Waals surface area contributed by atoms with E-state index >= 15 is 0 Å². The number of aliphatic hydroxyl groups excluding tert-OH is 8. The number of amides is 4. The van der Waals surface area contributed by atoms with Gasteiger partial charge in [0.15, 0.2) is 0 Å². The lowest BCUT2D eigenvalue weighted by molar-refractivity contribution is -0.432. The lowest BCUT2D eigenvalue weighted by atomic mass is 9.87. The first-order chi connectivity index (χ1) is 28.0. The van der Waals surface area contributed by atoms with Crippen LogP contribution < -0.4 is 21.3 Å². The zero-order valence-corrected chi connectivity index (χ0v) is 35.8. The van der Waals surface area contributed by atoms with Crippen molar-refractivity contribution in [3.63, 3.8) is 0 Å². The molecule has 0 aliphatic carbocycles. The van der Waals surface area contributed by atoms with E-state index in [1.165, 1.54) is 55.4 Å². The van der Waals surface area contributed by atoms with Crippen LogP contribution in [0.15, 0.2) is 0 Å². The van der Waals surface area contributed by atoms with E-state index in [-0.39, 0.29) is 0 Å². The number of rotatable bonds is 28. The number of carbonyl (C=O) groups is 8. The normalized spacial score (nSPS) is 14.3. The predicted octanol–water partition coefficient (Wildman–Crippen LogP) is -4.69. The van der Waals surface area contributed by atoms with Gasteiger partial charge in [0.25, 0.3) is 0 Å². The molecule has 4 amide bonds. The number of ether oxygens (including phenoxy) is 4. The van der Waals surface area contributed by atoms with Crippen molar-refractivity contribution in [2.45, 2.75) is 112 Å². The Balaban J connectivity index is 6.56. The van der Waals surface area contributed by atoms with Crippen LogP contribution in [0.5, 0.6) is 0 Å². The summed E-state index contributed by atoms with van der Waals surface area (Å²) in [5.74, 6) is -10.1. The first-order valence-corrected chi connectivity index (χ1v) is 19.1. The lowest BCUT2D eigenvalue weighted by Gasteiger charge is -2.30. The summed E-state index contributed by atoms with van der Waals surface area (Å²) < 4.78 is 20.3. The minimum atomic E-state index is -3.72. The average Bonchev–Trinajstić information content (AvgIpc) is 3.18. The Morgan fingerprint density at radius 3 is 0.689 bits per heavy atom. The number of carbonyl (C=O) groups excluding carboxylic acids is 8. The lowest BCUT2D eigenvalue weighted by Crippen LogP contribution is -2.50. The molecule has 24 nitrogen and oxygen atoms in total. The number of nitrogens with one attached hydrogen (secondary N) is 4. The van der Waals surface area contributed by atoms with Gasteiger partial charge >= 0.3 is 30.0 Å². The summed E-state index contributed by atoms with van der Waals surface area (Å²) in [6.45, 7) is 6.14. The molecule has 24 heteroatoms. The predicted molar refractivity (Wildman–Crippen MR) is 205 cm³/mol. The molecule has 0 aromatic carbocycles. The maximum atomic E-state index is 13.1. The Morgan fingerprint density at radius 1 is 0.377 bits per heavy atom. The number of esters is 4. The minimum absolute atomic E-state index is 0.599. The highest BCUT2D eigenvalue weighted by Gasteiger charge is 2.50. The highest BCUT2D eigenvalue weighted by atomic mass is 17.0. The standard InChI is InChI=1S/C37H64N4O20/c1-33(2,17-42)25(50)29(54)38-13-9-21(46)58-37(59-22(47)10-14-39-30(55)26(51)34(3,4)18-43,60-23(48)11-15-40-31(56)27(52)35(5,6)19-44)61-24(49)12-16-41-32(57)28(53)36(7,8)20-45/h25-28,42-45,50-53H,9-20H2,1-8H3,(H,38,54)(H,39,55)(H,40,56)(H,41,57)/t25-,26-,27-,28-/m0/s1. The molecule has 61 heavy (non-hydrogen) atoms. The van der Waals surface area contributed by atoms with Crippen molar-refractivity contribution in [3.05, 3.63) is 0 Å². The monoisotopic (exact) mass is 884 g/mol. The van der Waals surface area contributed by atoms with Crippen molar-refractivity contribution in [1.29, 1.82) is 0 Å². The molecule has 0 saturated heterocycles. The van der Waals surface area contributed by atoms with Gasteiger partial charge in [-0.2, -0.15) is 0 Å². The molecule has 0 saturated carbocycles. The summed E-state index contributed by atoms with van der Waals surface area (Å²) in [5.41, 5.74) is -5.21. The second kappa shape index (κ2) is 24.8. The average molecular weight is 885 g/mol. The quantitative estimate of drug-likeness (QED) is 0.0259. The highest BCUT2D eigenvalue weighted by molar-refractivity contribution is 5.84. The highest BCUT2D eigenvalue weighted by Crippen LogP contribution is 2.25. The van der Waals surface area contributed by atoms with E-state index in [0.717, 1.165) is 0 Å². The maximum absolute atomic E-state index is 13.1. The Hall–Kier alpha value is -4.56. The van der Waals surface area contributed by atoms with E-state index in [0.29, 0.717) is 0 Å². The molecular formula is C37H64N4O20. The van der Waals surface area contributed by atoms with Crippen molar-refractivity contribution < 1.29 is 98.2 Å². The molecule has 0 aliphatic rings. The molecule has 0 aromatic rings. The van der Waals surface area contributed by atoms with Crippen LogP contribution in [-0.2, 0) is 57.3 Å². The largest absolute Gasteiger partial charge is 0.619 e. The SMILES string of the molecule is CC(C)(CO)[C@@H](O)C(=O)NCCC(=O)OC(OC(=O)CCNC(=O)[C@H](O)C(C)(C)CO)(OC(=O)CCNC(=O)[C@H](O)C(C)(C)CO)OC(=O)CCNC(=O)[C@H](O)C(C)(C)CO. The van der Waals surface area contributed by atoms with Gasteiger partial charge in [-0.15, -0.1) is 0 Å². The van der Waals surface area contributed by atoms with Crippen LogP contribution in [-0.4, -0.2) is 172 Å². The number of aliphatic hydroxyl groups is 8. The Labute approximate surface area is 352 Å². The molecule has 0 fully saturated rings. The van der Waals surface area contributed by atoms with Crippen molar-refractivity contribution >= 4 is 47.5 Å². The van der Waals surface area contributed by atoms with Gasteiger partial charge in [-0.25, -0.2) is 0 Å². The molecule has 0 unspecified atom stereocenters. The van der Waals surface area contributed by atoms with Gasteiger partial charge < -0.3 is 81.1 Å². The Morgan fingerprint density at radius 2 is 0.541 bits per heavy atom.